The Hall–Kier alpha value is -1.72. The molecule has 0 bridgehead atoms. The minimum absolute atomic E-state index is 0.0574. The number of carbonyl (C=O) groups is 1. The fourth-order valence-electron chi connectivity index (χ4n) is 1.29. The SMILES string of the molecule is CC1=NN(c2nnc(C)n2C)C(=O)C1. The summed E-state index contributed by atoms with van der Waals surface area (Å²) < 4.78 is 1.74. The molecule has 1 amide bonds. The molecule has 1 aromatic heterocycles. The van der Waals surface area contributed by atoms with Crippen LogP contribution in [0.25, 0.3) is 0 Å². The van der Waals surface area contributed by atoms with Gasteiger partial charge in [-0.15, -0.1) is 10.2 Å². The molecule has 0 aliphatic carbocycles. The molecule has 0 unspecified atom stereocenters. The zero-order valence-corrected chi connectivity index (χ0v) is 8.35. The molecule has 1 aliphatic rings. The zero-order chi connectivity index (χ0) is 10.3. The predicted molar refractivity (Wildman–Crippen MR) is 51.0 cm³/mol. The van der Waals surface area contributed by atoms with Crippen molar-refractivity contribution in [2.75, 3.05) is 5.01 Å². The largest absolute Gasteiger partial charge is 0.299 e. The molecule has 0 saturated heterocycles. The van der Waals surface area contributed by atoms with Gasteiger partial charge in [0.15, 0.2) is 0 Å². The van der Waals surface area contributed by atoms with Crippen molar-refractivity contribution in [3.8, 4) is 0 Å². The van der Waals surface area contributed by atoms with Gasteiger partial charge in [-0.3, -0.25) is 9.36 Å². The molecule has 14 heavy (non-hydrogen) atoms. The first-order valence-corrected chi connectivity index (χ1v) is 4.32. The first kappa shape index (κ1) is 8.86. The molecule has 0 saturated carbocycles. The first-order valence-electron chi connectivity index (χ1n) is 4.32. The molecular weight excluding hydrogens is 182 g/mol. The Morgan fingerprint density at radius 1 is 1.29 bits per heavy atom. The van der Waals surface area contributed by atoms with E-state index in [9.17, 15) is 4.79 Å². The van der Waals surface area contributed by atoms with Gasteiger partial charge in [0, 0.05) is 12.8 Å². The number of hydrogen-bond donors (Lipinski definition) is 0. The van der Waals surface area contributed by atoms with Gasteiger partial charge >= 0.3 is 0 Å². The van der Waals surface area contributed by atoms with E-state index in [0.29, 0.717) is 12.4 Å². The molecule has 1 aliphatic heterocycles. The van der Waals surface area contributed by atoms with E-state index in [-0.39, 0.29) is 5.91 Å². The van der Waals surface area contributed by atoms with Crippen LogP contribution in [0.15, 0.2) is 5.10 Å². The van der Waals surface area contributed by atoms with Gasteiger partial charge in [-0.1, -0.05) is 0 Å². The highest BCUT2D eigenvalue weighted by Crippen LogP contribution is 2.17. The number of hydrogen-bond acceptors (Lipinski definition) is 4. The van der Waals surface area contributed by atoms with Gasteiger partial charge in [0.05, 0.1) is 6.42 Å². The van der Waals surface area contributed by atoms with Crippen molar-refractivity contribution in [3.05, 3.63) is 5.82 Å². The first-order chi connectivity index (χ1) is 6.59. The normalized spacial score (nSPS) is 16.4. The summed E-state index contributed by atoms with van der Waals surface area (Å²) in [5, 5.41) is 13.2. The third kappa shape index (κ3) is 1.19. The Morgan fingerprint density at radius 2 is 2.00 bits per heavy atom. The van der Waals surface area contributed by atoms with Crippen molar-refractivity contribution in [1.82, 2.24) is 14.8 Å². The average molecular weight is 193 g/mol. The zero-order valence-electron chi connectivity index (χ0n) is 8.35. The van der Waals surface area contributed by atoms with E-state index in [1.165, 1.54) is 5.01 Å². The Morgan fingerprint density at radius 3 is 2.43 bits per heavy atom. The maximum Gasteiger partial charge on any atom is 0.255 e. The maximum atomic E-state index is 11.5. The fourth-order valence-corrected chi connectivity index (χ4v) is 1.29. The molecule has 0 atom stereocenters. The Kier molecular flexibility index (Phi) is 1.83. The number of rotatable bonds is 1. The van der Waals surface area contributed by atoms with E-state index in [0.717, 1.165) is 11.5 Å². The molecule has 0 spiro atoms. The maximum absolute atomic E-state index is 11.5. The Labute approximate surface area is 81.2 Å². The van der Waals surface area contributed by atoms with E-state index < -0.39 is 0 Å². The second-order valence-electron chi connectivity index (χ2n) is 3.32. The van der Waals surface area contributed by atoms with E-state index in [1.54, 1.807) is 11.6 Å². The summed E-state index contributed by atoms with van der Waals surface area (Å²) in [5.41, 5.74) is 0.802. The van der Waals surface area contributed by atoms with Crippen LogP contribution in [0.3, 0.4) is 0 Å². The molecule has 2 heterocycles. The van der Waals surface area contributed by atoms with Crippen LogP contribution in [-0.2, 0) is 11.8 Å². The molecule has 74 valence electrons. The molecular formula is C8H11N5O. The number of hydrazone groups is 1. The van der Waals surface area contributed by atoms with Gasteiger partial charge in [0.1, 0.15) is 5.82 Å². The fraction of sp³-hybridized carbons (Fsp3) is 0.500. The van der Waals surface area contributed by atoms with Crippen LogP contribution in [0, 0.1) is 6.92 Å². The number of aromatic nitrogens is 3. The third-order valence-electron chi connectivity index (χ3n) is 2.17. The summed E-state index contributed by atoms with van der Waals surface area (Å²) >= 11 is 0. The van der Waals surface area contributed by atoms with Crippen LogP contribution in [0.2, 0.25) is 0 Å². The van der Waals surface area contributed by atoms with Gasteiger partial charge < -0.3 is 0 Å². The average Bonchev–Trinajstić information content (AvgIpc) is 2.59. The highest BCUT2D eigenvalue weighted by molar-refractivity contribution is 6.11. The van der Waals surface area contributed by atoms with Gasteiger partial charge in [0.25, 0.3) is 11.9 Å². The minimum Gasteiger partial charge on any atom is -0.299 e. The number of anilines is 1. The van der Waals surface area contributed by atoms with Crippen molar-refractivity contribution < 1.29 is 4.79 Å². The highest BCUT2D eigenvalue weighted by Gasteiger charge is 2.26. The summed E-state index contributed by atoms with van der Waals surface area (Å²) in [6.07, 6.45) is 0.367. The quantitative estimate of drug-likeness (QED) is 0.641. The molecule has 6 nitrogen and oxygen atoms in total. The molecule has 2 rings (SSSR count). The second-order valence-corrected chi connectivity index (χ2v) is 3.32. The summed E-state index contributed by atoms with van der Waals surface area (Å²) in [6, 6.07) is 0. The summed E-state index contributed by atoms with van der Waals surface area (Å²) in [6.45, 7) is 3.65. The van der Waals surface area contributed by atoms with Crippen molar-refractivity contribution in [2.24, 2.45) is 12.1 Å². The Bertz CT molecular complexity index is 419. The van der Waals surface area contributed by atoms with E-state index >= 15 is 0 Å². The number of carbonyl (C=O) groups excluding carboxylic acids is 1. The van der Waals surface area contributed by atoms with E-state index in [1.807, 2.05) is 13.8 Å². The van der Waals surface area contributed by atoms with Gasteiger partial charge in [-0.25, -0.2) is 0 Å². The highest BCUT2D eigenvalue weighted by atomic mass is 16.2. The molecule has 0 aromatic carbocycles. The Balaban J connectivity index is 2.41. The molecule has 0 N–H and O–H groups in total. The summed E-state index contributed by atoms with van der Waals surface area (Å²) in [7, 11) is 1.81. The van der Waals surface area contributed by atoms with Crippen molar-refractivity contribution in [3.63, 3.8) is 0 Å². The van der Waals surface area contributed by atoms with Gasteiger partial charge in [-0.2, -0.15) is 10.1 Å². The van der Waals surface area contributed by atoms with Gasteiger partial charge in [0.2, 0.25) is 0 Å². The van der Waals surface area contributed by atoms with Crippen LogP contribution in [0.4, 0.5) is 5.95 Å². The predicted octanol–water partition coefficient (Wildman–Crippen LogP) is 0.236. The molecule has 0 fully saturated rings. The summed E-state index contributed by atoms with van der Waals surface area (Å²) in [4.78, 5) is 11.5. The lowest BCUT2D eigenvalue weighted by Gasteiger charge is -2.09. The van der Waals surface area contributed by atoms with E-state index in [2.05, 4.69) is 15.3 Å². The number of amides is 1. The van der Waals surface area contributed by atoms with Crippen LogP contribution in [0.1, 0.15) is 19.2 Å². The monoisotopic (exact) mass is 193 g/mol. The van der Waals surface area contributed by atoms with Crippen molar-refractivity contribution in [1.29, 1.82) is 0 Å². The lowest BCUT2D eigenvalue weighted by Crippen LogP contribution is -2.22. The lowest BCUT2D eigenvalue weighted by molar-refractivity contribution is -0.117. The summed E-state index contributed by atoms with van der Waals surface area (Å²) in [5.74, 6) is 1.18. The molecule has 0 radical (unpaired) electrons. The third-order valence-corrected chi connectivity index (χ3v) is 2.17. The topological polar surface area (TPSA) is 63.4 Å². The van der Waals surface area contributed by atoms with Crippen molar-refractivity contribution in [2.45, 2.75) is 20.3 Å². The van der Waals surface area contributed by atoms with Crippen molar-refractivity contribution >= 4 is 17.6 Å². The van der Waals surface area contributed by atoms with Crippen LogP contribution >= 0.6 is 0 Å². The van der Waals surface area contributed by atoms with Crippen LogP contribution in [-0.4, -0.2) is 26.4 Å². The standard InChI is InChI=1S/C8H11N5O/c1-5-4-7(14)13(11-5)8-10-9-6(2)12(8)3/h4H2,1-3H3. The smallest absolute Gasteiger partial charge is 0.255 e. The number of aryl methyl sites for hydroxylation is 1. The molecule has 1 aromatic rings. The number of nitrogens with zero attached hydrogens (tertiary/aromatic N) is 5. The lowest BCUT2D eigenvalue weighted by atomic mass is 10.3. The second kappa shape index (κ2) is 2.90. The van der Waals surface area contributed by atoms with E-state index in [4.69, 9.17) is 0 Å². The van der Waals surface area contributed by atoms with Gasteiger partial charge in [-0.05, 0) is 13.8 Å². The van der Waals surface area contributed by atoms with Crippen LogP contribution in [0.5, 0.6) is 0 Å². The van der Waals surface area contributed by atoms with Crippen LogP contribution < -0.4 is 5.01 Å². The molecule has 6 heteroatoms. The minimum atomic E-state index is -0.0574.